The van der Waals surface area contributed by atoms with Gasteiger partial charge in [0, 0.05) is 18.7 Å². The summed E-state index contributed by atoms with van der Waals surface area (Å²) in [5.41, 5.74) is -4.31. The first-order valence-corrected chi connectivity index (χ1v) is 8.75. The molecule has 1 atom stereocenters. The number of benzene rings is 2. The highest BCUT2D eigenvalue weighted by Gasteiger charge is 2.71. The molecule has 0 spiro atoms. The van der Waals surface area contributed by atoms with Gasteiger partial charge in [-0.1, -0.05) is 54.6 Å². The number of likely N-dealkylation sites (tertiary alicyclic amines) is 1. The van der Waals surface area contributed by atoms with Gasteiger partial charge in [0.05, 0.1) is 0 Å². The van der Waals surface area contributed by atoms with Crippen molar-refractivity contribution in [1.82, 2.24) is 4.90 Å². The molecule has 152 valence electrons. The van der Waals surface area contributed by atoms with Crippen molar-refractivity contribution >= 4 is 0 Å². The van der Waals surface area contributed by atoms with E-state index in [9.17, 15) is 31.4 Å². The van der Waals surface area contributed by atoms with E-state index in [1.807, 2.05) is 30.3 Å². The number of hydrogen-bond acceptors (Lipinski definition) is 2. The third kappa shape index (κ3) is 3.89. The molecule has 0 radical (unpaired) electrons. The molecule has 0 saturated carbocycles. The molecule has 2 nitrogen and oxygen atoms in total. The zero-order chi connectivity index (χ0) is 20.6. The van der Waals surface area contributed by atoms with Gasteiger partial charge in [0.2, 0.25) is 0 Å². The average molecular weight is 403 g/mol. The molecule has 2 aromatic rings. The van der Waals surface area contributed by atoms with Crippen LogP contribution in [0.5, 0.6) is 0 Å². The van der Waals surface area contributed by atoms with Gasteiger partial charge in [-0.15, -0.1) is 0 Å². The Hall–Kier alpha value is -2.06. The lowest BCUT2D eigenvalue weighted by molar-refractivity contribution is -0.376. The minimum atomic E-state index is -5.87. The zero-order valence-corrected chi connectivity index (χ0v) is 14.8. The maximum Gasteiger partial charge on any atom is 0.430 e. The Balaban J connectivity index is 1.74. The summed E-state index contributed by atoms with van der Waals surface area (Å²) in [6.45, 7) is 2.19. The Morgan fingerprint density at radius 2 is 1.43 bits per heavy atom. The van der Waals surface area contributed by atoms with Crippen LogP contribution in [0.2, 0.25) is 0 Å². The maximum atomic E-state index is 13.0. The second-order valence-corrected chi connectivity index (χ2v) is 7.03. The Morgan fingerprint density at radius 1 is 0.857 bits per heavy atom. The van der Waals surface area contributed by atoms with Gasteiger partial charge in [-0.05, 0) is 30.0 Å². The molecule has 8 heteroatoms. The molecule has 1 aliphatic rings. The van der Waals surface area contributed by atoms with Crippen LogP contribution in [-0.2, 0) is 12.1 Å². The second-order valence-electron chi connectivity index (χ2n) is 7.03. The van der Waals surface area contributed by atoms with Crippen LogP contribution in [0.15, 0.2) is 54.6 Å². The van der Waals surface area contributed by atoms with E-state index < -0.39 is 23.5 Å². The van der Waals surface area contributed by atoms with Crippen molar-refractivity contribution < 1.29 is 31.4 Å². The van der Waals surface area contributed by atoms with E-state index in [0.29, 0.717) is 12.1 Å². The first-order chi connectivity index (χ1) is 13.0. The molecule has 1 saturated heterocycles. The van der Waals surface area contributed by atoms with Crippen LogP contribution in [0.4, 0.5) is 26.3 Å². The SMILES string of the molecule is OC(c1ccc(C2CCN(Cc3ccccc3)C2)cc1)(C(F)(F)F)C(F)(F)F. The van der Waals surface area contributed by atoms with Gasteiger partial charge in [-0.3, -0.25) is 4.90 Å². The molecular weight excluding hydrogens is 384 g/mol. The van der Waals surface area contributed by atoms with Crippen molar-refractivity contribution in [3.05, 3.63) is 71.3 Å². The molecule has 1 N–H and O–H groups in total. The molecule has 1 heterocycles. The van der Waals surface area contributed by atoms with Gasteiger partial charge in [-0.25, -0.2) is 0 Å². The lowest BCUT2D eigenvalue weighted by atomic mass is 9.89. The highest BCUT2D eigenvalue weighted by Crippen LogP contribution is 2.50. The number of alkyl halides is 6. The smallest absolute Gasteiger partial charge is 0.369 e. The van der Waals surface area contributed by atoms with E-state index in [1.54, 1.807) is 0 Å². The van der Waals surface area contributed by atoms with Gasteiger partial charge in [0.1, 0.15) is 0 Å². The summed E-state index contributed by atoms with van der Waals surface area (Å²) in [7, 11) is 0. The summed E-state index contributed by atoms with van der Waals surface area (Å²) < 4.78 is 77.8. The Bertz CT molecular complexity index is 771. The van der Waals surface area contributed by atoms with Crippen molar-refractivity contribution in [2.24, 2.45) is 0 Å². The second kappa shape index (κ2) is 7.40. The highest BCUT2D eigenvalue weighted by atomic mass is 19.4. The highest BCUT2D eigenvalue weighted by molar-refractivity contribution is 5.32. The molecule has 1 unspecified atom stereocenters. The summed E-state index contributed by atoms with van der Waals surface area (Å²) in [5, 5.41) is 9.46. The molecule has 1 fully saturated rings. The van der Waals surface area contributed by atoms with Crippen LogP contribution in [0, 0.1) is 0 Å². The number of aliphatic hydroxyl groups is 1. The fourth-order valence-corrected chi connectivity index (χ4v) is 3.57. The predicted octanol–water partition coefficient (Wildman–Crippen LogP) is 4.99. The molecule has 28 heavy (non-hydrogen) atoms. The normalized spacial score (nSPS) is 19.2. The van der Waals surface area contributed by atoms with Crippen molar-refractivity contribution in [3.63, 3.8) is 0 Å². The van der Waals surface area contributed by atoms with Crippen LogP contribution in [0.25, 0.3) is 0 Å². The molecule has 0 bridgehead atoms. The summed E-state index contributed by atoms with van der Waals surface area (Å²) in [5.74, 6) is 0.0163. The largest absolute Gasteiger partial charge is 0.430 e. The van der Waals surface area contributed by atoms with Crippen molar-refractivity contribution in [2.75, 3.05) is 13.1 Å². The Labute approximate surface area is 158 Å². The van der Waals surface area contributed by atoms with Gasteiger partial charge >= 0.3 is 12.4 Å². The first-order valence-electron chi connectivity index (χ1n) is 8.75. The molecule has 0 aliphatic carbocycles. The fourth-order valence-electron chi connectivity index (χ4n) is 3.57. The van der Waals surface area contributed by atoms with Gasteiger partial charge < -0.3 is 5.11 Å². The van der Waals surface area contributed by atoms with Crippen molar-refractivity contribution in [3.8, 4) is 0 Å². The van der Waals surface area contributed by atoms with Gasteiger partial charge in [0.15, 0.2) is 0 Å². The minimum absolute atomic E-state index is 0.0163. The number of rotatable bonds is 4. The summed E-state index contributed by atoms with van der Waals surface area (Å²) in [6, 6.07) is 13.7. The zero-order valence-electron chi connectivity index (χ0n) is 14.8. The maximum absolute atomic E-state index is 13.0. The fraction of sp³-hybridized carbons (Fsp3) is 0.400. The number of halogens is 6. The van der Waals surface area contributed by atoms with Crippen LogP contribution >= 0.6 is 0 Å². The quantitative estimate of drug-likeness (QED) is 0.728. The molecule has 1 aliphatic heterocycles. The minimum Gasteiger partial charge on any atom is -0.369 e. The van der Waals surface area contributed by atoms with Gasteiger partial charge in [0.25, 0.3) is 5.60 Å². The summed E-state index contributed by atoms with van der Waals surface area (Å²) in [4.78, 5) is 2.19. The molecule has 2 aromatic carbocycles. The monoisotopic (exact) mass is 403 g/mol. The van der Waals surface area contributed by atoms with E-state index in [0.717, 1.165) is 37.2 Å². The topological polar surface area (TPSA) is 23.5 Å². The van der Waals surface area contributed by atoms with Gasteiger partial charge in [-0.2, -0.15) is 26.3 Å². The molecule has 0 amide bonds. The van der Waals surface area contributed by atoms with E-state index >= 15 is 0 Å². The summed E-state index contributed by atoms with van der Waals surface area (Å²) in [6.07, 6.45) is -11.0. The van der Waals surface area contributed by atoms with Crippen molar-refractivity contribution in [2.45, 2.75) is 36.8 Å². The third-order valence-corrected chi connectivity index (χ3v) is 5.14. The van der Waals surface area contributed by atoms with Crippen LogP contribution in [0.3, 0.4) is 0 Å². The molecule has 0 aromatic heterocycles. The van der Waals surface area contributed by atoms with Crippen LogP contribution in [0.1, 0.15) is 29.0 Å². The van der Waals surface area contributed by atoms with Crippen LogP contribution in [-0.4, -0.2) is 35.4 Å². The Kier molecular flexibility index (Phi) is 5.46. The lowest BCUT2D eigenvalue weighted by Gasteiger charge is -2.32. The van der Waals surface area contributed by atoms with E-state index in [-0.39, 0.29) is 5.92 Å². The lowest BCUT2D eigenvalue weighted by Crippen LogP contribution is -2.53. The predicted molar refractivity (Wildman–Crippen MR) is 91.5 cm³/mol. The Morgan fingerprint density at radius 3 is 1.96 bits per heavy atom. The molecule has 3 rings (SSSR count). The summed E-state index contributed by atoms with van der Waals surface area (Å²) >= 11 is 0. The van der Waals surface area contributed by atoms with E-state index in [2.05, 4.69) is 4.90 Å². The van der Waals surface area contributed by atoms with Crippen molar-refractivity contribution in [1.29, 1.82) is 0 Å². The molecular formula is C20H19F6NO. The van der Waals surface area contributed by atoms with E-state index in [1.165, 1.54) is 12.1 Å². The van der Waals surface area contributed by atoms with Crippen LogP contribution < -0.4 is 0 Å². The number of hydrogen-bond donors (Lipinski definition) is 1. The first kappa shape index (κ1) is 20.7. The average Bonchev–Trinajstić information content (AvgIpc) is 3.08. The third-order valence-electron chi connectivity index (χ3n) is 5.14. The number of nitrogens with zero attached hydrogens (tertiary/aromatic N) is 1. The standard InChI is InChI=1S/C20H19F6NO/c21-19(22,23)18(28,20(24,25)26)17-8-6-15(7-9-17)16-10-11-27(13-16)12-14-4-2-1-3-5-14/h1-9,16,28H,10-13H2. The van der Waals surface area contributed by atoms with E-state index in [4.69, 9.17) is 0 Å².